The second-order valence-corrected chi connectivity index (χ2v) is 27.7. The Hall–Kier alpha value is -1.65. The third kappa shape index (κ3) is 13.4. The molecule has 6 aliphatic heterocycles. The summed E-state index contributed by atoms with van der Waals surface area (Å²) >= 11 is 0. The molecular formula is C59H98O30. The third-order valence-electron chi connectivity index (χ3n) is 22.5. The molecule has 0 aromatic rings. The van der Waals surface area contributed by atoms with Crippen LogP contribution in [0, 0.1) is 52.3 Å². The zero-order valence-corrected chi connectivity index (χ0v) is 50.9. The van der Waals surface area contributed by atoms with Crippen molar-refractivity contribution < 1.29 is 148 Å². The van der Waals surface area contributed by atoms with Gasteiger partial charge in [0.25, 0.3) is 0 Å². The Morgan fingerprint density at radius 2 is 1.03 bits per heavy atom. The number of hydrogen-bond donors (Lipinski definition) is 17. The molecule has 89 heavy (non-hydrogen) atoms. The zero-order chi connectivity index (χ0) is 64.5. The summed E-state index contributed by atoms with van der Waals surface area (Å²) in [6.45, 7) is 6.07. The molecule has 37 atom stereocenters. The summed E-state index contributed by atoms with van der Waals surface area (Å²) in [5.74, 6) is -0.882. The molecule has 30 nitrogen and oxygen atoms in total. The topological polar surface area (TPSA) is 472 Å². The first-order valence-corrected chi connectivity index (χ1v) is 31.8. The number of aliphatic hydroxyl groups is 17. The van der Waals surface area contributed by atoms with E-state index in [1.807, 2.05) is 6.92 Å². The SMILES string of the molecule is CC(=O)OC[C@H]1O[C@@H](O[C@@H]2[C@H](O)[C@@H](O)[C@H](O[C@H]3CC[C@@]4(C)[C@@H](CC[C@@H]5[C@@H]4CC[C@]4(C)[C@@H]6[C@H](C[C@@H]54)O[C@](O)(CC[C@@H](C)CO[C@@H]4O[C@H](CO)[C@@H](O)[C@H](O)[C@H]4O)[C@H]6C)C3)O[C@@H]2CO)[C@H](O[C@@H]2O[C@H](CO)[C@@H](O)[C@H](O)[C@H]2O)[C@@H](O[C@@H]2O[C@H](CO)[C@@H](O)[C@H](O)[C@H]2O)[C@@H]1O. The van der Waals surface area contributed by atoms with E-state index < -0.39 is 204 Å². The van der Waals surface area contributed by atoms with E-state index in [9.17, 15) is 91.6 Å². The summed E-state index contributed by atoms with van der Waals surface area (Å²) in [5, 5.41) is 184. The van der Waals surface area contributed by atoms with Gasteiger partial charge < -0.3 is 144 Å². The predicted molar refractivity (Wildman–Crippen MR) is 294 cm³/mol. The van der Waals surface area contributed by atoms with E-state index in [0.717, 1.165) is 45.4 Å². The second-order valence-electron chi connectivity index (χ2n) is 27.7. The number of hydrogen-bond acceptors (Lipinski definition) is 30. The van der Waals surface area contributed by atoms with Crippen molar-refractivity contribution in [2.24, 2.45) is 52.3 Å². The zero-order valence-electron chi connectivity index (χ0n) is 50.9. The van der Waals surface area contributed by atoms with Crippen LogP contribution >= 0.6 is 0 Å². The highest BCUT2D eigenvalue weighted by molar-refractivity contribution is 5.65. The van der Waals surface area contributed by atoms with Crippen molar-refractivity contribution in [3.63, 3.8) is 0 Å². The quantitative estimate of drug-likeness (QED) is 0.0399. The van der Waals surface area contributed by atoms with Crippen LogP contribution in [0.4, 0.5) is 0 Å². The Morgan fingerprint density at radius 1 is 0.528 bits per heavy atom. The molecule has 4 saturated carbocycles. The van der Waals surface area contributed by atoms with Crippen molar-refractivity contribution in [1.82, 2.24) is 0 Å². The van der Waals surface area contributed by atoms with Gasteiger partial charge in [0.2, 0.25) is 0 Å². The molecule has 514 valence electrons. The molecule has 4 aliphatic carbocycles. The Morgan fingerprint density at radius 3 is 1.62 bits per heavy atom. The van der Waals surface area contributed by atoms with Crippen LogP contribution in [0.3, 0.4) is 0 Å². The molecule has 6 saturated heterocycles. The monoisotopic (exact) mass is 1290 g/mol. The van der Waals surface area contributed by atoms with E-state index in [2.05, 4.69) is 20.8 Å². The third-order valence-corrected chi connectivity index (χ3v) is 22.5. The van der Waals surface area contributed by atoms with E-state index in [1.165, 1.54) is 0 Å². The average Bonchev–Trinajstić information content (AvgIpc) is 1.59. The van der Waals surface area contributed by atoms with Gasteiger partial charge in [-0.25, -0.2) is 0 Å². The minimum Gasteiger partial charge on any atom is -0.463 e. The number of esters is 1. The average molecular weight is 1290 g/mol. The Labute approximate surface area is 515 Å². The van der Waals surface area contributed by atoms with E-state index in [1.54, 1.807) is 0 Å². The van der Waals surface area contributed by atoms with Gasteiger partial charge in [-0.15, -0.1) is 0 Å². The van der Waals surface area contributed by atoms with Gasteiger partial charge in [0.15, 0.2) is 37.2 Å². The number of carbonyl (C=O) groups excluding carboxylic acids is 1. The largest absolute Gasteiger partial charge is 0.463 e. The van der Waals surface area contributed by atoms with Crippen LogP contribution in [0.2, 0.25) is 0 Å². The molecule has 10 fully saturated rings. The van der Waals surface area contributed by atoms with E-state index in [-0.39, 0.29) is 47.2 Å². The molecule has 0 aromatic heterocycles. The van der Waals surface area contributed by atoms with Crippen molar-refractivity contribution in [3.8, 4) is 0 Å². The summed E-state index contributed by atoms with van der Waals surface area (Å²) in [6.07, 6.45) is -36.9. The summed E-state index contributed by atoms with van der Waals surface area (Å²) < 4.78 is 71.7. The fourth-order valence-corrected chi connectivity index (χ4v) is 17.3. The molecule has 0 unspecified atom stereocenters. The molecule has 10 aliphatic rings. The standard InChI is InChI=1S/C59H98O30/c1-22(20-79-52-45(73)41(69)37(65)31(16-60)81-52)8-13-59(77)23(2)36-30(89-59)15-29-27-7-6-25-14-26(9-11-57(25,4)28(27)10-12-58(29,36)5)80-53-48(76)44(72)49(34(19-63)84-53)86-56-51(88-55-47(75)43(71)39(67)33(18-62)83-55)50(40(68)35(85-56)21-78-24(3)64)87-54-46(74)42(70)38(66)32(17-61)82-54/h22-23,25-56,60-63,65-77H,6-21H2,1-5H3/t22-,23+,25+,26+,27-,28+,29+,30+,31-,32-,33-,34-,35-,36+,37-,38-,39-,40-,41+,42+,43+,44-,45-,46-,47-,48-,49+,50+,51-,52-,53-,54+,55+,56+,57+,58+,59-/m1/s1. The highest BCUT2D eigenvalue weighted by Gasteiger charge is 2.69. The van der Waals surface area contributed by atoms with E-state index in [0.29, 0.717) is 43.4 Å². The van der Waals surface area contributed by atoms with Gasteiger partial charge in [0.05, 0.1) is 45.2 Å². The molecule has 0 spiro atoms. The van der Waals surface area contributed by atoms with Gasteiger partial charge in [0.1, 0.15) is 129 Å². The van der Waals surface area contributed by atoms with E-state index >= 15 is 0 Å². The van der Waals surface area contributed by atoms with Crippen molar-refractivity contribution in [3.05, 3.63) is 0 Å². The predicted octanol–water partition coefficient (Wildman–Crippen LogP) is -5.56. The number of rotatable bonds is 20. The lowest BCUT2D eigenvalue weighted by molar-refractivity contribution is -0.406. The van der Waals surface area contributed by atoms with Crippen molar-refractivity contribution >= 4 is 5.97 Å². The molecule has 0 radical (unpaired) electrons. The maximum Gasteiger partial charge on any atom is 0.302 e. The Kier molecular flexibility index (Phi) is 22.2. The Bertz CT molecular complexity index is 2310. The van der Waals surface area contributed by atoms with Crippen LogP contribution in [0.5, 0.6) is 0 Å². The van der Waals surface area contributed by atoms with Gasteiger partial charge in [-0.1, -0.05) is 27.7 Å². The number of ether oxygens (including phenoxy) is 12. The molecule has 17 N–H and O–H groups in total. The highest BCUT2D eigenvalue weighted by Crippen LogP contribution is 2.71. The maximum absolute atomic E-state index is 12.2. The van der Waals surface area contributed by atoms with Crippen LogP contribution in [0.25, 0.3) is 0 Å². The normalized spacial score (nSPS) is 53.7. The number of fused-ring (bicyclic) bond motifs is 7. The van der Waals surface area contributed by atoms with Gasteiger partial charge in [-0.3, -0.25) is 4.79 Å². The molecule has 0 aromatic carbocycles. The maximum atomic E-state index is 12.2. The van der Waals surface area contributed by atoms with Crippen molar-refractivity contribution in [1.29, 1.82) is 0 Å². The first-order valence-electron chi connectivity index (χ1n) is 31.8. The highest BCUT2D eigenvalue weighted by atomic mass is 16.8. The van der Waals surface area contributed by atoms with Gasteiger partial charge in [0, 0.05) is 19.3 Å². The van der Waals surface area contributed by atoms with Crippen LogP contribution in [-0.2, 0) is 61.6 Å². The molecule has 0 bridgehead atoms. The lowest BCUT2D eigenvalue weighted by atomic mass is 9.44. The minimum atomic E-state index is -2.09. The lowest BCUT2D eigenvalue weighted by Gasteiger charge is -2.61. The smallest absolute Gasteiger partial charge is 0.302 e. The summed E-state index contributed by atoms with van der Waals surface area (Å²) in [5.41, 5.74) is -0.130. The Balaban J connectivity index is 0.781. The van der Waals surface area contributed by atoms with Crippen LogP contribution < -0.4 is 0 Å². The van der Waals surface area contributed by atoms with Crippen molar-refractivity contribution in [2.45, 2.75) is 270 Å². The van der Waals surface area contributed by atoms with Crippen LogP contribution in [-0.4, -0.2) is 304 Å². The second kappa shape index (κ2) is 28.2. The summed E-state index contributed by atoms with van der Waals surface area (Å²) in [6, 6.07) is 0. The number of aliphatic hydroxyl groups excluding tert-OH is 16. The van der Waals surface area contributed by atoms with E-state index in [4.69, 9.17) is 56.8 Å². The minimum absolute atomic E-state index is 0.0551. The lowest BCUT2D eigenvalue weighted by Crippen LogP contribution is -2.69. The number of carbonyl (C=O) groups is 1. The first-order chi connectivity index (χ1) is 42.1. The van der Waals surface area contributed by atoms with Gasteiger partial charge >= 0.3 is 5.97 Å². The molecule has 0 amide bonds. The van der Waals surface area contributed by atoms with Crippen LogP contribution in [0.1, 0.15) is 98.8 Å². The molecule has 6 heterocycles. The molecule has 30 heteroatoms. The van der Waals surface area contributed by atoms with Gasteiger partial charge in [-0.2, -0.15) is 0 Å². The van der Waals surface area contributed by atoms with Crippen molar-refractivity contribution in [2.75, 3.05) is 39.6 Å². The van der Waals surface area contributed by atoms with Gasteiger partial charge in [-0.05, 0) is 104 Å². The molecule has 10 rings (SSSR count). The fourth-order valence-electron chi connectivity index (χ4n) is 17.3. The van der Waals surface area contributed by atoms with Crippen LogP contribution in [0.15, 0.2) is 0 Å². The summed E-state index contributed by atoms with van der Waals surface area (Å²) in [4.78, 5) is 12.1. The first kappa shape index (κ1) is 70.2. The molecular weight excluding hydrogens is 1190 g/mol. The summed E-state index contributed by atoms with van der Waals surface area (Å²) in [7, 11) is 0. The fraction of sp³-hybridized carbons (Fsp3) is 0.983.